The van der Waals surface area contributed by atoms with Gasteiger partial charge < -0.3 is 0 Å². The predicted octanol–water partition coefficient (Wildman–Crippen LogP) is 12.5. The first-order chi connectivity index (χ1) is 23.3. The third-order valence-electron chi connectivity index (χ3n) is 9.47. The number of fused-ring (bicyclic) bond motifs is 11. The van der Waals surface area contributed by atoms with Crippen molar-refractivity contribution in [2.45, 2.75) is 0 Å². The van der Waals surface area contributed by atoms with Gasteiger partial charge in [0.25, 0.3) is 0 Å². The lowest BCUT2D eigenvalue weighted by Gasteiger charge is -2.15. The maximum absolute atomic E-state index is 5.23. The Hall–Kier alpha value is -5.90. The van der Waals surface area contributed by atoms with Gasteiger partial charge in [-0.1, -0.05) is 140 Å². The van der Waals surface area contributed by atoms with Crippen LogP contribution in [0, 0.1) is 0 Å². The Morgan fingerprint density at radius 1 is 0.383 bits per heavy atom. The maximum Gasteiger partial charge on any atom is 0.161 e. The predicted molar refractivity (Wildman–Crippen MR) is 201 cm³/mol. The highest BCUT2D eigenvalue weighted by molar-refractivity contribution is 7.26. The van der Waals surface area contributed by atoms with Crippen molar-refractivity contribution in [2.75, 3.05) is 0 Å². The summed E-state index contributed by atoms with van der Waals surface area (Å²) in [4.78, 5) is 10.3. The molecule has 3 heteroatoms. The van der Waals surface area contributed by atoms with Crippen molar-refractivity contribution < 1.29 is 0 Å². The molecule has 10 rings (SSSR count). The molecule has 0 unspecified atom stereocenters. The summed E-state index contributed by atoms with van der Waals surface area (Å²) in [6, 6.07) is 56.5. The van der Waals surface area contributed by atoms with E-state index in [4.69, 9.17) is 9.97 Å². The molecule has 0 spiro atoms. The largest absolute Gasteiger partial charge is 0.228 e. The van der Waals surface area contributed by atoms with Gasteiger partial charge in [0.1, 0.15) is 0 Å². The Bertz CT molecular complexity index is 2850. The van der Waals surface area contributed by atoms with Crippen molar-refractivity contribution in [2.24, 2.45) is 0 Å². The van der Waals surface area contributed by atoms with E-state index in [0.717, 1.165) is 44.7 Å². The van der Waals surface area contributed by atoms with Gasteiger partial charge in [0, 0.05) is 42.1 Å². The van der Waals surface area contributed by atoms with Gasteiger partial charge in [-0.2, -0.15) is 0 Å². The van der Waals surface area contributed by atoms with E-state index in [1.807, 2.05) is 23.5 Å². The number of thiophene rings is 1. The van der Waals surface area contributed by atoms with Crippen molar-refractivity contribution in [3.63, 3.8) is 0 Å². The molecule has 218 valence electrons. The minimum atomic E-state index is 0.730. The van der Waals surface area contributed by atoms with E-state index in [1.165, 1.54) is 52.5 Å². The van der Waals surface area contributed by atoms with Crippen LogP contribution in [-0.4, -0.2) is 9.97 Å². The van der Waals surface area contributed by atoms with Crippen LogP contribution in [-0.2, 0) is 0 Å². The number of hydrogen-bond acceptors (Lipinski definition) is 3. The molecule has 2 heterocycles. The normalized spacial score (nSPS) is 11.8. The zero-order valence-corrected chi connectivity index (χ0v) is 26.1. The Labute approximate surface area is 275 Å². The Kier molecular flexibility index (Phi) is 5.78. The average molecular weight is 615 g/mol. The number of hydrogen-bond donors (Lipinski definition) is 0. The number of nitrogens with zero attached hydrogens (tertiary/aromatic N) is 2. The number of rotatable bonds is 3. The summed E-state index contributed by atoms with van der Waals surface area (Å²) in [7, 11) is 0. The van der Waals surface area contributed by atoms with Crippen LogP contribution >= 0.6 is 11.3 Å². The first kappa shape index (κ1) is 26.3. The molecular weight excluding hydrogens is 589 g/mol. The van der Waals surface area contributed by atoms with Crippen LogP contribution in [0.1, 0.15) is 0 Å². The SMILES string of the molecule is c1ccc(-c2nc(-c3ccccc3-c3ccc4c(c3)c3ccccc3c3ccc5c6ccccc6sc5c34)nc3ccccc23)cc1. The van der Waals surface area contributed by atoms with Crippen molar-refractivity contribution in [3.05, 3.63) is 158 Å². The fourth-order valence-corrected chi connectivity index (χ4v) is 8.59. The van der Waals surface area contributed by atoms with Gasteiger partial charge in [0.15, 0.2) is 5.82 Å². The van der Waals surface area contributed by atoms with Gasteiger partial charge in [0.05, 0.1) is 11.2 Å². The topological polar surface area (TPSA) is 25.8 Å². The summed E-state index contributed by atoms with van der Waals surface area (Å²) >= 11 is 1.90. The molecule has 47 heavy (non-hydrogen) atoms. The van der Waals surface area contributed by atoms with Crippen molar-refractivity contribution in [1.29, 1.82) is 0 Å². The third kappa shape index (κ3) is 4.04. The maximum atomic E-state index is 5.23. The third-order valence-corrected chi connectivity index (χ3v) is 10.7. The molecule has 2 aromatic heterocycles. The molecule has 0 saturated carbocycles. The molecular formula is C44H26N2S. The lowest BCUT2D eigenvalue weighted by Crippen LogP contribution is -1.96. The summed E-state index contributed by atoms with van der Waals surface area (Å²) in [6.45, 7) is 0. The van der Waals surface area contributed by atoms with Gasteiger partial charge >= 0.3 is 0 Å². The molecule has 10 aromatic rings. The fraction of sp³-hybridized carbons (Fsp3) is 0. The monoisotopic (exact) mass is 614 g/mol. The summed E-state index contributed by atoms with van der Waals surface area (Å²) < 4.78 is 2.68. The number of aromatic nitrogens is 2. The Balaban J connectivity index is 1.25. The highest BCUT2D eigenvalue weighted by Crippen LogP contribution is 2.45. The molecule has 0 saturated heterocycles. The smallest absolute Gasteiger partial charge is 0.161 e. The van der Waals surface area contributed by atoms with E-state index in [2.05, 4.69) is 146 Å². The molecule has 0 fully saturated rings. The second-order valence-corrected chi connectivity index (χ2v) is 13.1. The quantitative estimate of drug-likeness (QED) is 0.185. The standard InChI is InChI=1S/C44H26N2S/c1-2-12-27(13-3-1)42-37-19-8-10-20-39(37)45-44(46-42)36-18-7-4-14-29(36)28-22-23-34-38(26-28)31-16-6-5-15-30(31)33-24-25-35-32-17-9-11-21-40(32)47-43(35)41(33)34/h1-26H. The van der Waals surface area contributed by atoms with Crippen molar-refractivity contribution in [1.82, 2.24) is 9.97 Å². The van der Waals surface area contributed by atoms with Gasteiger partial charge in [-0.05, 0) is 56.3 Å². The Morgan fingerprint density at radius 3 is 1.85 bits per heavy atom. The fourth-order valence-electron chi connectivity index (χ4n) is 7.33. The van der Waals surface area contributed by atoms with Crippen LogP contribution in [0.2, 0.25) is 0 Å². The first-order valence-corrected chi connectivity index (χ1v) is 16.7. The van der Waals surface area contributed by atoms with Crippen LogP contribution in [0.4, 0.5) is 0 Å². The summed E-state index contributed by atoms with van der Waals surface area (Å²) in [5.74, 6) is 0.730. The summed E-state index contributed by atoms with van der Waals surface area (Å²) in [5, 5.41) is 11.4. The molecule has 0 atom stereocenters. The van der Waals surface area contributed by atoms with Crippen LogP contribution in [0.3, 0.4) is 0 Å². The van der Waals surface area contributed by atoms with Crippen molar-refractivity contribution >= 4 is 74.7 Å². The first-order valence-electron chi connectivity index (χ1n) is 15.9. The molecule has 0 radical (unpaired) electrons. The van der Waals surface area contributed by atoms with Gasteiger partial charge in [-0.25, -0.2) is 9.97 Å². The number of benzene rings is 8. The molecule has 0 bridgehead atoms. The van der Waals surface area contributed by atoms with E-state index in [0.29, 0.717) is 0 Å². The zero-order valence-electron chi connectivity index (χ0n) is 25.3. The van der Waals surface area contributed by atoms with E-state index >= 15 is 0 Å². The van der Waals surface area contributed by atoms with E-state index < -0.39 is 0 Å². The van der Waals surface area contributed by atoms with Crippen LogP contribution in [0.25, 0.3) is 97.2 Å². The van der Waals surface area contributed by atoms with E-state index in [1.54, 1.807) is 0 Å². The van der Waals surface area contributed by atoms with E-state index in [-0.39, 0.29) is 0 Å². The molecule has 0 amide bonds. The highest BCUT2D eigenvalue weighted by Gasteiger charge is 2.18. The molecule has 0 N–H and O–H groups in total. The lowest BCUT2D eigenvalue weighted by atomic mass is 9.90. The van der Waals surface area contributed by atoms with E-state index in [9.17, 15) is 0 Å². The Morgan fingerprint density at radius 2 is 1.00 bits per heavy atom. The average Bonchev–Trinajstić information content (AvgIpc) is 3.53. The second-order valence-electron chi connectivity index (χ2n) is 12.1. The van der Waals surface area contributed by atoms with Crippen LogP contribution in [0.15, 0.2) is 158 Å². The van der Waals surface area contributed by atoms with Gasteiger partial charge in [-0.3, -0.25) is 0 Å². The molecule has 0 aliphatic carbocycles. The molecule has 8 aromatic carbocycles. The second kappa shape index (κ2) is 10.3. The molecule has 0 aliphatic heterocycles. The molecule has 2 nitrogen and oxygen atoms in total. The van der Waals surface area contributed by atoms with Crippen LogP contribution < -0.4 is 0 Å². The number of para-hydroxylation sites is 1. The minimum Gasteiger partial charge on any atom is -0.228 e. The van der Waals surface area contributed by atoms with Crippen molar-refractivity contribution in [3.8, 4) is 33.8 Å². The summed E-state index contributed by atoms with van der Waals surface area (Å²) in [6.07, 6.45) is 0. The summed E-state index contributed by atoms with van der Waals surface area (Å²) in [5.41, 5.74) is 6.26. The molecule has 0 aliphatic rings. The van der Waals surface area contributed by atoms with Crippen LogP contribution in [0.5, 0.6) is 0 Å². The van der Waals surface area contributed by atoms with Gasteiger partial charge in [-0.15, -0.1) is 11.3 Å². The minimum absolute atomic E-state index is 0.730. The lowest BCUT2D eigenvalue weighted by molar-refractivity contribution is 1.23. The highest BCUT2D eigenvalue weighted by atomic mass is 32.1. The van der Waals surface area contributed by atoms with Gasteiger partial charge in [0.2, 0.25) is 0 Å². The zero-order chi connectivity index (χ0) is 30.9.